The van der Waals surface area contributed by atoms with E-state index in [1.807, 2.05) is 0 Å². The van der Waals surface area contributed by atoms with Gasteiger partial charge in [-0.15, -0.1) is 13.2 Å². The van der Waals surface area contributed by atoms with Crippen LogP contribution in [-0.4, -0.2) is 26.9 Å². The smallest absolute Gasteiger partial charge is 0.493 e. The second kappa shape index (κ2) is 6.85. The molecule has 1 N–H and O–H groups in total. The molecule has 1 heterocycles. The normalized spacial score (nSPS) is 11.9. The highest BCUT2D eigenvalue weighted by molar-refractivity contribution is 9.10. The fourth-order valence-corrected chi connectivity index (χ4v) is 3.04. The van der Waals surface area contributed by atoms with Crippen molar-refractivity contribution in [3.63, 3.8) is 0 Å². The third kappa shape index (κ3) is 4.74. The van der Waals surface area contributed by atoms with Gasteiger partial charge in [-0.25, -0.2) is 13.4 Å². The van der Waals surface area contributed by atoms with Crippen molar-refractivity contribution in [3.05, 3.63) is 41.0 Å². The molecule has 0 aliphatic carbocycles. The number of hydrogen-bond acceptors (Lipinski definition) is 5. The number of methoxy groups -OCH3 is 1. The van der Waals surface area contributed by atoms with Gasteiger partial charge in [0.05, 0.1) is 12.0 Å². The van der Waals surface area contributed by atoms with Gasteiger partial charge < -0.3 is 9.47 Å². The first-order valence-electron chi connectivity index (χ1n) is 6.19. The molecule has 0 saturated heterocycles. The summed E-state index contributed by atoms with van der Waals surface area (Å²) in [6.45, 7) is 0. The third-order valence-electron chi connectivity index (χ3n) is 2.62. The van der Waals surface area contributed by atoms with Gasteiger partial charge in [-0.3, -0.25) is 4.72 Å². The van der Waals surface area contributed by atoms with E-state index < -0.39 is 27.0 Å². The van der Waals surface area contributed by atoms with Crippen molar-refractivity contribution in [2.45, 2.75) is 11.3 Å². The van der Waals surface area contributed by atoms with Gasteiger partial charge in [-0.2, -0.15) is 0 Å². The van der Waals surface area contributed by atoms with Crippen LogP contribution in [0.5, 0.6) is 11.5 Å². The van der Waals surface area contributed by atoms with Crippen LogP contribution in [0.3, 0.4) is 0 Å². The van der Waals surface area contributed by atoms with Crippen LogP contribution in [0.25, 0.3) is 0 Å². The van der Waals surface area contributed by atoms with Crippen molar-refractivity contribution in [1.29, 1.82) is 0 Å². The number of halogens is 4. The summed E-state index contributed by atoms with van der Waals surface area (Å²) in [5, 5.41) is 0. The Kier molecular flexibility index (Phi) is 5.23. The van der Waals surface area contributed by atoms with Crippen molar-refractivity contribution in [3.8, 4) is 11.5 Å². The molecule has 11 heteroatoms. The fraction of sp³-hybridized carbons (Fsp3) is 0.154. The summed E-state index contributed by atoms with van der Waals surface area (Å²) in [7, 11) is -2.87. The Morgan fingerprint density at radius 1 is 1.25 bits per heavy atom. The van der Waals surface area contributed by atoms with Crippen molar-refractivity contribution in [2.24, 2.45) is 0 Å². The highest BCUT2D eigenvalue weighted by atomic mass is 79.9. The quantitative estimate of drug-likeness (QED) is 0.790. The molecule has 0 spiro atoms. The number of ether oxygens (including phenoxy) is 2. The lowest BCUT2D eigenvalue weighted by molar-refractivity contribution is -0.274. The van der Waals surface area contributed by atoms with E-state index in [2.05, 4.69) is 30.4 Å². The first kappa shape index (κ1) is 18.3. The van der Waals surface area contributed by atoms with E-state index in [0.29, 0.717) is 4.47 Å². The number of nitrogens with zero attached hydrogens (tertiary/aromatic N) is 1. The maximum Gasteiger partial charge on any atom is 0.573 e. The van der Waals surface area contributed by atoms with Gasteiger partial charge in [0, 0.05) is 16.7 Å². The topological polar surface area (TPSA) is 77.5 Å². The van der Waals surface area contributed by atoms with E-state index in [0.717, 1.165) is 24.3 Å². The molecule has 0 radical (unpaired) electrons. The van der Waals surface area contributed by atoms with Gasteiger partial charge in [0.25, 0.3) is 10.0 Å². The van der Waals surface area contributed by atoms with Gasteiger partial charge in [-0.05, 0) is 34.1 Å². The number of alkyl halides is 3. The molecule has 0 saturated carbocycles. The summed E-state index contributed by atoms with van der Waals surface area (Å²) < 4.78 is 72.8. The summed E-state index contributed by atoms with van der Waals surface area (Å²) in [6, 6.07) is 5.47. The predicted octanol–water partition coefficient (Wildman–Crippen LogP) is 3.55. The number of anilines is 1. The van der Waals surface area contributed by atoms with Gasteiger partial charge >= 0.3 is 6.36 Å². The third-order valence-corrected chi connectivity index (χ3v) is 4.39. The number of pyridine rings is 1. The zero-order chi connectivity index (χ0) is 18.0. The van der Waals surface area contributed by atoms with Crippen molar-refractivity contribution < 1.29 is 31.1 Å². The Labute approximate surface area is 143 Å². The summed E-state index contributed by atoms with van der Waals surface area (Å²) >= 11 is 3.16. The van der Waals surface area contributed by atoms with Crippen LogP contribution in [0.15, 0.2) is 45.9 Å². The SMILES string of the molecule is COc1cc(Br)cnc1NS(=O)(=O)c1cccc(OC(F)(F)F)c1. The lowest BCUT2D eigenvalue weighted by Crippen LogP contribution is -2.18. The summed E-state index contributed by atoms with van der Waals surface area (Å²) in [4.78, 5) is 3.45. The molecule has 0 bridgehead atoms. The Morgan fingerprint density at radius 2 is 1.96 bits per heavy atom. The van der Waals surface area contributed by atoms with Gasteiger partial charge in [0.15, 0.2) is 11.6 Å². The van der Waals surface area contributed by atoms with E-state index in [1.54, 1.807) is 0 Å². The lowest BCUT2D eigenvalue weighted by atomic mass is 10.3. The largest absolute Gasteiger partial charge is 0.573 e. The first-order valence-corrected chi connectivity index (χ1v) is 8.46. The second-order valence-corrected chi connectivity index (χ2v) is 6.93. The first-order chi connectivity index (χ1) is 11.1. The van der Waals surface area contributed by atoms with Crippen LogP contribution in [0.1, 0.15) is 0 Å². The average molecular weight is 427 g/mol. The molecule has 0 aliphatic rings. The highest BCUT2D eigenvalue weighted by Crippen LogP contribution is 2.29. The van der Waals surface area contributed by atoms with E-state index in [9.17, 15) is 21.6 Å². The second-order valence-electron chi connectivity index (χ2n) is 4.33. The van der Waals surface area contributed by atoms with Crippen LogP contribution >= 0.6 is 15.9 Å². The molecular weight excluding hydrogens is 417 g/mol. The minimum Gasteiger partial charge on any atom is -0.493 e. The minimum absolute atomic E-state index is 0.108. The number of benzene rings is 1. The van der Waals surface area contributed by atoms with E-state index >= 15 is 0 Å². The maximum atomic E-state index is 12.3. The number of hydrogen-bond donors (Lipinski definition) is 1. The Bertz CT molecular complexity index is 843. The molecule has 0 atom stereocenters. The molecule has 0 unspecified atom stereocenters. The lowest BCUT2D eigenvalue weighted by Gasteiger charge is -2.13. The van der Waals surface area contributed by atoms with Crippen LogP contribution in [0, 0.1) is 0 Å². The van der Waals surface area contributed by atoms with Crippen LogP contribution < -0.4 is 14.2 Å². The van der Waals surface area contributed by atoms with E-state index in [4.69, 9.17) is 4.74 Å². The zero-order valence-electron chi connectivity index (χ0n) is 12.0. The van der Waals surface area contributed by atoms with Crippen LogP contribution in [0.4, 0.5) is 19.0 Å². The predicted molar refractivity (Wildman–Crippen MR) is 82.4 cm³/mol. The van der Waals surface area contributed by atoms with E-state index in [1.165, 1.54) is 19.4 Å². The molecule has 1 aromatic heterocycles. The molecule has 6 nitrogen and oxygen atoms in total. The molecule has 130 valence electrons. The van der Waals surface area contributed by atoms with Crippen molar-refractivity contribution in [1.82, 2.24) is 4.98 Å². The number of rotatable bonds is 5. The Morgan fingerprint density at radius 3 is 2.58 bits per heavy atom. The van der Waals surface area contributed by atoms with Gasteiger partial charge in [0.2, 0.25) is 0 Å². The number of nitrogens with one attached hydrogen (secondary N) is 1. The highest BCUT2D eigenvalue weighted by Gasteiger charge is 2.31. The Balaban J connectivity index is 2.33. The molecule has 0 amide bonds. The standard InChI is InChI=1S/C13H10BrF3N2O4S/c1-22-11-5-8(14)7-18-12(11)19-24(20,21)10-4-2-3-9(6-10)23-13(15,16)17/h2-7H,1H3,(H,18,19). The van der Waals surface area contributed by atoms with E-state index in [-0.39, 0.29) is 11.6 Å². The fourth-order valence-electron chi connectivity index (χ4n) is 1.68. The van der Waals surface area contributed by atoms with Crippen molar-refractivity contribution in [2.75, 3.05) is 11.8 Å². The minimum atomic E-state index is -4.92. The monoisotopic (exact) mass is 426 g/mol. The zero-order valence-corrected chi connectivity index (χ0v) is 14.4. The summed E-state index contributed by atoms with van der Waals surface area (Å²) in [6.07, 6.45) is -3.59. The molecule has 1 aromatic carbocycles. The summed E-state index contributed by atoms with van der Waals surface area (Å²) in [5.41, 5.74) is 0. The summed E-state index contributed by atoms with van der Waals surface area (Å²) in [5.74, 6) is -0.625. The molecule has 2 aromatic rings. The van der Waals surface area contributed by atoms with Crippen molar-refractivity contribution >= 4 is 31.8 Å². The van der Waals surface area contributed by atoms with Gasteiger partial charge in [0.1, 0.15) is 5.75 Å². The molecular formula is C13H10BrF3N2O4S. The molecule has 0 aliphatic heterocycles. The molecule has 24 heavy (non-hydrogen) atoms. The maximum absolute atomic E-state index is 12.3. The number of aromatic nitrogens is 1. The molecule has 0 fully saturated rings. The Hall–Kier alpha value is -2.01. The van der Waals surface area contributed by atoms with Crippen LogP contribution in [-0.2, 0) is 10.0 Å². The number of sulfonamides is 1. The molecule has 2 rings (SSSR count). The average Bonchev–Trinajstić information content (AvgIpc) is 2.47. The van der Waals surface area contributed by atoms with Crippen LogP contribution in [0.2, 0.25) is 0 Å². The van der Waals surface area contributed by atoms with Gasteiger partial charge in [-0.1, -0.05) is 6.07 Å².